The molecule has 2 atom stereocenters. The topological polar surface area (TPSA) is 156 Å². The quantitative estimate of drug-likeness (QED) is 0.331. The van der Waals surface area contributed by atoms with Crippen molar-refractivity contribution in [2.75, 3.05) is 6.54 Å². The largest absolute Gasteiger partial charge is 0.480 e. The van der Waals surface area contributed by atoms with Crippen LogP contribution in [0.25, 0.3) is 0 Å². The van der Waals surface area contributed by atoms with Crippen molar-refractivity contribution in [3.05, 3.63) is 0 Å². The van der Waals surface area contributed by atoms with Crippen molar-refractivity contribution in [2.24, 2.45) is 11.5 Å². The predicted molar refractivity (Wildman–Crippen MR) is 53.5 cm³/mol. The fourth-order valence-corrected chi connectivity index (χ4v) is 0.810. The summed E-state index contributed by atoms with van der Waals surface area (Å²) < 4.78 is 0. The van der Waals surface area contributed by atoms with Crippen LogP contribution in [-0.2, 0) is 14.4 Å². The zero-order valence-corrected chi connectivity index (χ0v) is 8.55. The van der Waals surface area contributed by atoms with E-state index in [1.54, 1.807) is 0 Å². The SMILES string of the molecule is NC(CCC(=O)NCC(N)C(=O)O)C(=O)O. The molecule has 0 spiro atoms. The predicted octanol–water partition coefficient (Wildman–Crippen LogP) is -2.29. The van der Waals surface area contributed by atoms with Gasteiger partial charge in [0.05, 0.1) is 0 Å². The van der Waals surface area contributed by atoms with E-state index in [-0.39, 0.29) is 19.4 Å². The van der Waals surface area contributed by atoms with Crippen LogP contribution in [0.4, 0.5) is 0 Å². The number of nitrogens with two attached hydrogens (primary N) is 2. The molecule has 0 bridgehead atoms. The standard InChI is InChI=1S/C8H15N3O5/c9-4(7(13)14)1-2-6(12)11-3-5(10)8(15)16/h4-5H,1-3,9-10H2,(H,11,12)(H,13,14)(H,15,16). The first-order valence-corrected chi connectivity index (χ1v) is 4.58. The van der Waals surface area contributed by atoms with E-state index >= 15 is 0 Å². The van der Waals surface area contributed by atoms with Crippen LogP contribution >= 0.6 is 0 Å². The number of rotatable bonds is 7. The Morgan fingerprint density at radius 1 is 1.06 bits per heavy atom. The van der Waals surface area contributed by atoms with Gasteiger partial charge >= 0.3 is 11.9 Å². The van der Waals surface area contributed by atoms with E-state index in [9.17, 15) is 14.4 Å². The Labute approximate surface area is 91.6 Å². The van der Waals surface area contributed by atoms with E-state index < -0.39 is 29.9 Å². The van der Waals surface area contributed by atoms with Crippen molar-refractivity contribution in [2.45, 2.75) is 24.9 Å². The van der Waals surface area contributed by atoms with Crippen LogP contribution in [0, 0.1) is 0 Å². The maximum Gasteiger partial charge on any atom is 0.322 e. The molecule has 0 aliphatic carbocycles. The minimum atomic E-state index is -1.22. The van der Waals surface area contributed by atoms with E-state index in [4.69, 9.17) is 21.7 Å². The summed E-state index contributed by atoms with van der Waals surface area (Å²) in [5.74, 6) is -2.88. The molecule has 0 heterocycles. The van der Waals surface area contributed by atoms with Gasteiger partial charge in [0.15, 0.2) is 0 Å². The molecule has 16 heavy (non-hydrogen) atoms. The lowest BCUT2D eigenvalue weighted by atomic mass is 10.1. The van der Waals surface area contributed by atoms with Gasteiger partial charge < -0.3 is 27.0 Å². The minimum Gasteiger partial charge on any atom is -0.480 e. The van der Waals surface area contributed by atoms with E-state index in [0.29, 0.717) is 0 Å². The number of carboxylic acid groups (broad SMARTS) is 2. The highest BCUT2D eigenvalue weighted by Gasteiger charge is 2.15. The Morgan fingerprint density at radius 3 is 2.00 bits per heavy atom. The van der Waals surface area contributed by atoms with Gasteiger partial charge in [0.2, 0.25) is 5.91 Å². The van der Waals surface area contributed by atoms with Gasteiger partial charge in [0.25, 0.3) is 0 Å². The third kappa shape index (κ3) is 5.94. The van der Waals surface area contributed by atoms with Crippen molar-refractivity contribution < 1.29 is 24.6 Å². The number of hydrogen-bond donors (Lipinski definition) is 5. The summed E-state index contributed by atoms with van der Waals surface area (Å²) in [6.45, 7) is -0.198. The van der Waals surface area contributed by atoms with E-state index in [1.807, 2.05) is 0 Å². The zero-order chi connectivity index (χ0) is 12.7. The van der Waals surface area contributed by atoms with E-state index in [2.05, 4.69) is 5.32 Å². The number of aliphatic carboxylic acids is 2. The smallest absolute Gasteiger partial charge is 0.322 e. The van der Waals surface area contributed by atoms with Gasteiger partial charge in [-0.1, -0.05) is 0 Å². The first-order valence-electron chi connectivity index (χ1n) is 4.58. The normalized spacial score (nSPS) is 13.9. The lowest BCUT2D eigenvalue weighted by molar-refractivity contribution is -0.139. The van der Waals surface area contributed by atoms with Gasteiger partial charge in [-0.3, -0.25) is 14.4 Å². The lowest BCUT2D eigenvalue weighted by Gasteiger charge is -2.09. The van der Waals surface area contributed by atoms with Gasteiger partial charge in [-0.15, -0.1) is 0 Å². The highest BCUT2D eigenvalue weighted by atomic mass is 16.4. The fourth-order valence-electron chi connectivity index (χ4n) is 0.810. The molecule has 0 aliphatic heterocycles. The summed E-state index contributed by atoms with van der Waals surface area (Å²) >= 11 is 0. The molecule has 0 radical (unpaired) electrons. The first-order chi connectivity index (χ1) is 7.34. The highest BCUT2D eigenvalue weighted by Crippen LogP contribution is 1.94. The fraction of sp³-hybridized carbons (Fsp3) is 0.625. The molecule has 8 nitrogen and oxygen atoms in total. The molecule has 8 heteroatoms. The zero-order valence-electron chi connectivity index (χ0n) is 8.55. The second-order valence-electron chi connectivity index (χ2n) is 3.23. The molecule has 0 aliphatic rings. The Morgan fingerprint density at radius 2 is 1.56 bits per heavy atom. The molecule has 0 saturated carbocycles. The van der Waals surface area contributed by atoms with Gasteiger partial charge in [-0.05, 0) is 6.42 Å². The van der Waals surface area contributed by atoms with E-state index in [1.165, 1.54) is 0 Å². The molecule has 1 amide bonds. The Bertz CT molecular complexity index is 255. The van der Waals surface area contributed by atoms with Crippen molar-refractivity contribution in [1.29, 1.82) is 0 Å². The second kappa shape index (κ2) is 6.75. The summed E-state index contributed by atoms with van der Waals surface area (Å²) in [6, 6.07) is -2.27. The summed E-state index contributed by atoms with van der Waals surface area (Å²) in [7, 11) is 0. The van der Waals surface area contributed by atoms with Crippen molar-refractivity contribution in [3.63, 3.8) is 0 Å². The molecule has 2 unspecified atom stereocenters. The Hall–Kier alpha value is -1.67. The number of hydrogen-bond acceptors (Lipinski definition) is 5. The highest BCUT2D eigenvalue weighted by molar-refractivity contribution is 5.79. The average molecular weight is 233 g/mol. The van der Waals surface area contributed by atoms with Crippen molar-refractivity contribution in [3.8, 4) is 0 Å². The van der Waals surface area contributed by atoms with Gasteiger partial charge in [-0.25, -0.2) is 0 Å². The van der Waals surface area contributed by atoms with E-state index in [0.717, 1.165) is 0 Å². The summed E-state index contributed by atoms with van der Waals surface area (Å²) in [4.78, 5) is 31.7. The number of carboxylic acids is 2. The minimum absolute atomic E-state index is 0.0104. The van der Waals surface area contributed by atoms with Crippen LogP contribution in [0.2, 0.25) is 0 Å². The second-order valence-corrected chi connectivity index (χ2v) is 3.23. The average Bonchev–Trinajstić information content (AvgIpc) is 2.21. The molecular formula is C8H15N3O5. The Kier molecular flexibility index (Phi) is 6.04. The third-order valence-electron chi connectivity index (χ3n) is 1.84. The number of amides is 1. The molecular weight excluding hydrogens is 218 g/mol. The molecule has 92 valence electrons. The molecule has 0 saturated heterocycles. The molecule has 0 aromatic heterocycles. The maximum absolute atomic E-state index is 11.1. The van der Waals surface area contributed by atoms with Gasteiger partial charge in [0.1, 0.15) is 12.1 Å². The van der Waals surface area contributed by atoms with Crippen LogP contribution < -0.4 is 16.8 Å². The number of carbonyl (C=O) groups excluding carboxylic acids is 1. The maximum atomic E-state index is 11.1. The van der Waals surface area contributed by atoms with Crippen LogP contribution in [0.5, 0.6) is 0 Å². The molecule has 0 aromatic carbocycles. The number of carbonyl (C=O) groups is 3. The van der Waals surface area contributed by atoms with Gasteiger partial charge in [0, 0.05) is 13.0 Å². The summed E-state index contributed by atoms with van der Waals surface area (Å²) in [5.41, 5.74) is 10.3. The summed E-state index contributed by atoms with van der Waals surface area (Å²) in [6.07, 6.45) is -0.0940. The van der Waals surface area contributed by atoms with Crippen molar-refractivity contribution >= 4 is 17.8 Å². The lowest BCUT2D eigenvalue weighted by Crippen LogP contribution is -2.42. The van der Waals surface area contributed by atoms with Crippen LogP contribution in [-0.4, -0.2) is 46.7 Å². The van der Waals surface area contributed by atoms with Gasteiger partial charge in [-0.2, -0.15) is 0 Å². The molecule has 7 N–H and O–H groups in total. The van der Waals surface area contributed by atoms with Crippen LogP contribution in [0.3, 0.4) is 0 Å². The molecule has 0 aromatic rings. The monoisotopic (exact) mass is 233 g/mol. The molecule has 0 fully saturated rings. The first kappa shape index (κ1) is 14.3. The van der Waals surface area contributed by atoms with Crippen LogP contribution in [0.15, 0.2) is 0 Å². The van der Waals surface area contributed by atoms with Crippen LogP contribution in [0.1, 0.15) is 12.8 Å². The van der Waals surface area contributed by atoms with Crippen molar-refractivity contribution in [1.82, 2.24) is 5.32 Å². The summed E-state index contributed by atoms with van der Waals surface area (Å²) in [5, 5.41) is 19.1. The molecule has 0 rings (SSSR count). The number of nitrogens with one attached hydrogen (secondary N) is 1. The third-order valence-corrected chi connectivity index (χ3v) is 1.84. The Balaban J connectivity index is 3.75.